The van der Waals surface area contributed by atoms with Crippen LogP contribution in [0.2, 0.25) is 0 Å². The number of carbonyl (C=O) groups excluding carboxylic acids is 2. The van der Waals surface area contributed by atoms with Crippen LogP contribution in [-0.4, -0.2) is 34.7 Å². The Balaban J connectivity index is 1.77. The lowest BCUT2D eigenvalue weighted by Gasteiger charge is -2.15. The van der Waals surface area contributed by atoms with E-state index in [1.807, 2.05) is 37.4 Å². The van der Waals surface area contributed by atoms with Gasteiger partial charge in [-0.15, -0.1) is 11.3 Å². The predicted octanol–water partition coefficient (Wildman–Crippen LogP) is 3.88. The average Bonchev–Trinajstić information content (AvgIpc) is 3.12. The molecule has 0 saturated heterocycles. The maximum absolute atomic E-state index is 12.3. The highest BCUT2D eigenvalue weighted by Gasteiger charge is 2.11. The zero-order valence-electron chi connectivity index (χ0n) is 16.7. The largest absolute Gasteiger partial charge is 0.350 e. The normalized spacial score (nSPS) is 11.0. The van der Waals surface area contributed by atoms with Gasteiger partial charge >= 0.3 is 0 Å². The lowest BCUT2D eigenvalue weighted by Crippen LogP contribution is -2.24. The molecule has 0 bridgehead atoms. The van der Waals surface area contributed by atoms with Gasteiger partial charge in [-0.25, -0.2) is 4.98 Å². The molecule has 1 aromatic carbocycles. The number of carbonyl (C=O) groups is 2. The molecule has 0 aliphatic heterocycles. The van der Waals surface area contributed by atoms with Crippen molar-refractivity contribution < 1.29 is 9.59 Å². The molecule has 5 nitrogen and oxygen atoms in total. The first-order valence-electron chi connectivity index (χ1n) is 9.45. The topological polar surface area (TPSA) is 62.3 Å². The number of amides is 1. The van der Waals surface area contributed by atoms with Crippen LogP contribution in [0.1, 0.15) is 58.9 Å². The summed E-state index contributed by atoms with van der Waals surface area (Å²) in [6.07, 6.45) is 0.419. The van der Waals surface area contributed by atoms with Gasteiger partial charge in [-0.05, 0) is 44.1 Å². The first-order valence-corrected chi connectivity index (χ1v) is 10.3. The first kappa shape index (κ1) is 21.3. The van der Waals surface area contributed by atoms with Crippen molar-refractivity contribution in [1.29, 1.82) is 0 Å². The van der Waals surface area contributed by atoms with E-state index in [9.17, 15) is 9.59 Å². The maximum Gasteiger partial charge on any atom is 0.220 e. The van der Waals surface area contributed by atoms with Crippen LogP contribution in [0.25, 0.3) is 0 Å². The smallest absolute Gasteiger partial charge is 0.220 e. The van der Waals surface area contributed by atoms with Crippen LogP contribution < -0.4 is 5.32 Å². The number of hydrogen-bond acceptors (Lipinski definition) is 5. The van der Waals surface area contributed by atoms with Crippen LogP contribution in [0.4, 0.5) is 0 Å². The Morgan fingerprint density at radius 3 is 2.52 bits per heavy atom. The van der Waals surface area contributed by atoms with E-state index >= 15 is 0 Å². The third-order valence-corrected chi connectivity index (χ3v) is 5.62. The lowest BCUT2D eigenvalue weighted by molar-refractivity contribution is -0.121. The number of nitrogens with zero attached hydrogens (tertiary/aromatic N) is 2. The molecule has 2 rings (SSSR count). The van der Waals surface area contributed by atoms with Crippen molar-refractivity contribution in [3.63, 3.8) is 0 Å². The molecule has 0 spiro atoms. The van der Waals surface area contributed by atoms with E-state index in [4.69, 9.17) is 0 Å². The Morgan fingerprint density at radius 1 is 1.11 bits per heavy atom. The van der Waals surface area contributed by atoms with Crippen LogP contribution in [0.15, 0.2) is 23.6 Å². The van der Waals surface area contributed by atoms with Crippen molar-refractivity contribution in [1.82, 2.24) is 15.2 Å². The second kappa shape index (κ2) is 10.3. The molecule has 146 valence electrons. The van der Waals surface area contributed by atoms with Crippen LogP contribution in [0.3, 0.4) is 0 Å². The molecular formula is C21H29N3O2S. The molecule has 6 heteroatoms. The average molecular weight is 388 g/mol. The molecule has 0 unspecified atom stereocenters. The number of nitrogens with one attached hydrogen (secondary N) is 1. The fourth-order valence-electron chi connectivity index (χ4n) is 2.73. The number of ketones is 1. The van der Waals surface area contributed by atoms with Gasteiger partial charge < -0.3 is 5.32 Å². The van der Waals surface area contributed by atoms with Crippen LogP contribution in [-0.2, 0) is 17.9 Å². The highest BCUT2D eigenvalue weighted by Crippen LogP contribution is 2.13. The molecule has 1 amide bonds. The summed E-state index contributed by atoms with van der Waals surface area (Å²) >= 11 is 1.56. The third-order valence-electron chi connectivity index (χ3n) is 4.72. The van der Waals surface area contributed by atoms with Crippen LogP contribution in [0, 0.1) is 13.8 Å². The molecule has 27 heavy (non-hydrogen) atoms. The summed E-state index contributed by atoms with van der Waals surface area (Å²) in [7, 11) is 0. The van der Waals surface area contributed by atoms with Crippen molar-refractivity contribution in [2.45, 2.75) is 53.6 Å². The standard InChI is InChI=1S/C21H29N3O2S/c1-5-24(6-2)13-18-14-27-21(23-18)12-22-20(26)10-9-19(25)17-8-7-15(3)16(4)11-17/h7-8,11,14H,5-6,9-10,12-13H2,1-4H3,(H,22,26). The summed E-state index contributed by atoms with van der Waals surface area (Å²) in [5.74, 6) is -0.114. The van der Waals surface area contributed by atoms with Gasteiger partial charge in [0, 0.05) is 30.3 Å². The van der Waals surface area contributed by atoms with Gasteiger partial charge in [0.1, 0.15) is 5.01 Å². The van der Waals surface area contributed by atoms with E-state index in [1.54, 1.807) is 11.3 Å². The Bertz CT molecular complexity index is 781. The van der Waals surface area contributed by atoms with E-state index in [0.29, 0.717) is 12.1 Å². The van der Waals surface area contributed by atoms with Crippen LogP contribution >= 0.6 is 11.3 Å². The molecule has 0 fully saturated rings. The van der Waals surface area contributed by atoms with Gasteiger partial charge in [-0.2, -0.15) is 0 Å². The van der Waals surface area contributed by atoms with E-state index in [2.05, 4.69) is 29.0 Å². The molecule has 0 radical (unpaired) electrons. The summed E-state index contributed by atoms with van der Waals surface area (Å²) < 4.78 is 0. The Hall–Kier alpha value is -2.05. The highest BCUT2D eigenvalue weighted by atomic mass is 32.1. The molecule has 0 aliphatic carbocycles. The highest BCUT2D eigenvalue weighted by molar-refractivity contribution is 7.09. The monoisotopic (exact) mass is 387 g/mol. The zero-order chi connectivity index (χ0) is 19.8. The van der Waals surface area contributed by atoms with Crippen molar-refractivity contribution in [2.24, 2.45) is 0 Å². The molecule has 2 aromatic rings. The number of Topliss-reactive ketones (excluding diaryl/α,β-unsaturated/α-hetero) is 1. The van der Waals surface area contributed by atoms with Gasteiger partial charge in [-0.3, -0.25) is 14.5 Å². The van der Waals surface area contributed by atoms with Crippen molar-refractivity contribution in [3.8, 4) is 0 Å². The minimum absolute atomic E-state index is 0.00371. The van der Waals surface area contributed by atoms with Gasteiger partial charge in [0.2, 0.25) is 5.91 Å². The van der Waals surface area contributed by atoms with Crippen molar-refractivity contribution >= 4 is 23.0 Å². The molecule has 0 atom stereocenters. The molecular weight excluding hydrogens is 358 g/mol. The SMILES string of the molecule is CCN(CC)Cc1csc(CNC(=O)CCC(=O)c2ccc(C)c(C)c2)n1. The number of benzene rings is 1. The second-order valence-corrected chi connectivity index (χ2v) is 7.64. The van der Waals surface area contributed by atoms with Gasteiger partial charge in [0.15, 0.2) is 5.78 Å². The molecule has 1 N–H and O–H groups in total. The van der Waals surface area contributed by atoms with Crippen molar-refractivity contribution in [2.75, 3.05) is 13.1 Å². The zero-order valence-corrected chi connectivity index (χ0v) is 17.5. The Morgan fingerprint density at radius 2 is 1.85 bits per heavy atom. The summed E-state index contributed by atoms with van der Waals surface area (Å²) in [5.41, 5.74) is 3.97. The van der Waals surface area contributed by atoms with Crippen molar-refractivity contribution in [3.05, 3.63) is 51.0 Å². The summed E-state index contributed by atoms with van der Waals surface area (Å²) in [4.78, 5) is 31.2. The minimum atomic E-state index is -0.118. The fraction of sp³-hybridized carbons (Fsp3) is 0.476. The van der Waals surface area contributed by atoms with Gasteiger partial charge in [-0.1, -0.05) is 26.0 Å². The summed E-state index contributed by atoms with van der Waals surface area (Å²) in [5, 5.41) is 5.80. The second-order valence-electron chi connectivity index (χ2n) is 6.69. The van der Waals surface area contributed by atoms with E-state index in [1.165, 1.54) is 0 Å². The molecule has 1 aromatic heterocycles. The molecule has 0 aliphatic rings. The number of aryl methyl sites for hydroxylation is 2. The van der Waals surface area contributed by atoms with Gasteiger partial charge in [0.25, 0.3) is 0 Å². The Labute approximate surface area is 165 Å². The Kier molecular flexibility index (Phi) is 8.13. The molecule has 1 heterocycles. The number of hydrogen-bond donors (Lipinski definition) is 1. The van der Waals surface area contributed by atoms with E-state index in [0.717, 1.165) is 41.5 Å². The van der Waals surface area contributed by atoms with E-state index < -0.39 is 0 Å². The first-order chi connectivity index (χ1) is 12.9. The maximum atomic E-state index is 12.3. The summed E-state index contributed by atoms with van der Waals surface area (Å²) in [6, 6.07) is 5.67. The predicted molar refractivity (Wildman–Crippen MR) is 110 cm³/mol. The van der Waals surface area contributed by atoms with E-state index in [-0.39, 0.29) is 24.5 Å². The molecule has 0 saturated carbocycles. The number of aromatic nitrogens is 1. The quantitative estimate of drug-likeness (QED) is 0.629. The summed E-state index contributed by atoms with van der Waals surface area (Å²) in [6.45, 7) is 11.5. The van der Waals surface area contributed by atoms with Crippen LogP contribution in [0.5, 0.6) is 0 Å². The lowest BCUT2D eigenvalue weighted by atomic mass is 10.0. The minimum Gasteiger partial charge on any atom is -0.350 e. The third kappa shape index (κ3) is 6.56. The number of rotatable bonds is 10. The number of thiazole rings is 1. The fourth-order valence-corrected chi connectivity index (χ4v) is 3.45. The van der Waals surface area contributed by atoms with Gasteiger partial charge in [0.05, 0.1) is 12.2 Å².